The number of benzene rings is 2. The van der Waals surface area contributed by atoms with E-state index in [0.717, 1.165) is 5.57 Å². The fourth-order valence-electron chi connectivity index (χ4n) is 5.22. The average Bonchev–Trinajstić information content (AvgIpc) is 3.52. The average molecular weight is 730 g/mol. The van der Waals surface area contributed by atoms with Crippen LogP contribution in [0.5, 0.6) is 5.88 Å². The van der Waals surface area contributed by atoms with Crippen molar-refractivity contribution < 1.29 is 42.5 Å². The smallest absolute Gasteiger partial charge is 0.429 e. The maximum Gasteiger partial charge on any atom is 0.429 e. The molecule has 0 aliphatic heterocycles. The van der Waals surface area contributed by atoms with E-state index in [1.165, 1.54) is 35.1 Å². The summed E-state index contributed by atoms with van der Waals surface area (Å²) >= 11 is 6.09. The number of carboxylic acids is 2. The van der Waals surface area contributed by atoms with Crippen molar-refractivity contribution in [2.75, 3.05) is 12.3 Å². The summed E-state index contributed by atoms with van der Waals surface area (Å²) in [7, 11) is 0. The van der Waals surface area contributed by atoms with E-state index in [1.807, 2.05) is 6.08 Å². The first-order valence-electron chi connectivity index (χ1n) is 15.5. The van der Waals surface area contributed by atoms with Crippen LogP contribution in [0.25, 0.3) is 11.3 Å². The van der Waals surface area contributed by atoms with Gasteiger partial charge in [0.25, 0.3) is 5.91 Å². The Hall–Kier alpha value is -5.48. The Bertz CT molecular complexity index is 1890. The fraction of sp³-hybridized carbons (Fsp3) is 0.294. The highest BCUT2D eigenvalue weighted by molar-refractivity contribution is 6.30. The van der Waals surface area contributed by atoms with E-state index in [4.69, 9.17) is 38.0 Å². The first-order chi connectivity index (χ1) is 24.1. The molecule has 2 aromatic heterocycles. The molecule has 0 fully saturated rings. The molecular weight excluding hydrogens is 695 g/mol. The molecule has 1 aliphatic carbocycles. The molecule has 2 heterocycles. The number of nitrogen functional groups attached to an aromatic ring is 1. The zero-order valence-electron chi connectivity index (χ0n) is 27.2. The summed E-state index contributed by atoms with van der Waals surface area (Å²) < 4.78 is 49.7. The molecule has 4 aromatic rings. The van der Waals surface area contributed by atoms with Crippen molar-refractivity contribution in [3.05, 3.63) is 100 Å². The van der Waals surface area contributed by atoms with Crippen molar-refractivity contribution in [1.29, 1.82) is 0 Å². The zero-order valence-corrected chi connectivity index (χ0v) is 27.9. The van der Waals surface area contributed by atoms with Crippen LogP contribution >= 0.6 is 11.6 Å². The molecule has 1 amide bonds. The van der Waals surface area contributed by atoms with Gasteiger partial charge in [-0.2, -0.15) is 23.3 Å². The van der Waals surface area contributed by atoms with Crippen LogP contribution in [0.1, 0.15) is 59.1 Å². The zero-order chi connectivity index (χ0) is 37.3. The number of nitrogens with zero attached hydrogens (tertiary/aromatic N) is 4. The van der Waals surface area contributed by atoms with E-state index in [2.05, 4.69) is 20.4 Å². The number of alkyl halides is 3. The van der Waals surface area contributed by atoms with Gasteiger partial charge in [0.2, 0.25) is 17.9 Å². The van der Waals surface area contributed by atoms with Gasteiger partial charge in [0, 0.05) is 28.4 Å². The van der Waals surface area contributed by atoms with Crippen molar-refractivity contribution in [3.63, 3.8) is 0 Å². The molecule has 7 N–H and O–H groups in total. The number of carboxylic acid groups (broad SMARTS) is 2. The quantitative estimate of drug-likeness (QED) is 0.132. The molecule has 0 bridgehead atoms. The highest BCUT2D eigenvalue weighted by atomic mass is 35.5. The Kier molecular flexibility index (Phi) is 12.7. The molecule has 51 heavy (non-hydrogen) atoms. The number of amides is 1. The summed E-state index contributed by atoms with van der Waals surface area (Å²) in [4.78, 5) is 40.4. The van der Waals surface area contributed by atoms with Crippen LogP contribution in [0.3, 0.4) is 0 Å². The van der Waals surface area contributed by atoms with Gasteiger partial charge in [-0.3, -0.25) is 14.4 Å². The number of aromatic nitrogens is 4. The highest BCUT2D eigenvalue weighted by Crippen LogP contribution is 2.40. The van der Waals surface area contributed by atoms with Crippen molar-refractivity contribution in [3.8, 4) is 11.6 Å². The van der Waals surface area contributed by atoms with Crippen LogP contribution in [0.2, 0.25) is 5.02 Å². The van der Waals surface area contributed by atoms with Gasteiger partial charge in [-0.05, 0) is 74.4 Å². The lowest BCUT2D eigenvalue weighted by atomic mass is 9.84. The first-order valence-corrected chi connectivity index (χ1v) is 15.9. The van der Waals surface area contributed by atoms with Gasteiger partial charge in [-0.15, -0.1) is 0 Å². The molecule has 2 aromatic carbocycles. The number of aryl methyl sites for hydroxylation is 1. The molecule has 1 aliphatic rings. The lowest BCUT2D eigenvalue weighted by Gasteiger charge is -2.25. The second-order valence-corrected chi connectivity index (χ2v) is 12.0. The normalized spacial score (nSPS) is 15.4. The Balaban J connectivity index is 0.000000378. The standard InChI is InChI=1S/C25H26ClF3N6O3.C9H9NO3/c1-13-8-9-35(34-13)20-11-16(26)6-7-17(20)22(25(27,28)29)38-21-12-19(32-24(31)33-21)15-4-2-14(3-5-15)10-18(30)23(36)37;11-8(12)6-10-9(13)7-4-2-1-3-5-7/h4,6-9,11-12,14,18,22H,2-3,5,10,30H2,1H3,(H,36,37)(H2,31,32,33);1-5H,6H2,(H,10,13)(H,11,12)/t14?,18-,22+;/m0./s1. The molecule has 270 valence electrons. The van der Waals surface area contributed by atoms with Gasteiger partial charge in [0.15, 0.2) is 0 Å². The molecule has 0 saturated heterocycles. The maximum atomic E-state index is 14.3. The number of ether oxygens (including phenoxy) is 1. The summed E-state index contributed by atoms with van der Waals surface area (Å²) in [6.07, 6.45) is -1.76. The summed E-state index contributed by atoms with van der Waals surface area (Å²) in [6.45, 7) is 1.36. The van der Waals surface area contributed by atoms with E-state index in [-0.39, 0.29) is 46.5 Å². The van der Waals surface area contributed by atoms with Gasteiger partial charge in [-0.25, -0.2) is 9.67 Å². The molecule has 0 radical (unpaired) electrons. The number of hydrogen-bond acceptors (Lipinski definition) is 9. The van der Waals surface area contributed by atoms with Crippen LogP contribution in [0, 0.1) is 12.8 Å². The second kappa shape index (κ2) is 17.0. The highest BCUT2D eigenvalue weighted by Gasteiger charge is 2.45. The third-order valence-electron chi connectivity index (χ3n) is 7.69. The van der Waals surface area contributed by atoms with E-state index in [1.54, 1.807) is 43.3 Å². The van der Waals surface area contributed by atoms with Crippen molar-refractivity contribution >= 4 is 41.0 Å². The molecule has 5 rings (SSSR count). The number of carbonyl (C=O) groups excluding carboxylic acids is 1. The molecule has 3 atom stereocenters. The van der Waals surface area contributed by atoms with E-state index < -0.39 is 30.3 Å². The minimum atomic E-state index is -4.81. The van der Waals surface area contributed by atoms with Gasteiger partial charge in [0.1, 0.15) is 12.6 Å². The predicted octanol–water partition coefficient (Wildman–Crippen LogP) is 5.38. The van der Waals surface area contributed by atoms with Crippen LogP contribution < -0.4 is 21.5 Å². The van der Waals surface area contributed by atoms with Crippen molar-refractivity contribution in [2.24, 2.45) is 11.7 Å². The number of nitrogens with two attached hydrogens (primary N) is 2. The minimum absolute atomic E-state index is 0.0728. The predicted molar refractivity (Wildman–Crippen MR) is 181 cm³/mol. The number of halogens is 4. The van der Waals surface area contributed by atoms with E-state index in [9.17, 15) is 27.6 Å². The lowest BCUT2D eigenvalue weighted by Crippen LogP contribution is -2.32. The van der Waals surface area contributed by atoms with Crippen molar-refractivity contribution in [2.45, 2.75) is 50.9 Å². The van der Waals surface area contributed by atoms with E-state index >= 15 is 0 Å². The van der Waals surface area contributed by atoms with E-state index in [0.29, 0.717) is 42.6 Å². The summed E-state index contributed by atoms with van der Waals surface area (Å²) in [5, 5.41) is 24.0. The van der Waals surface area contributed by atoms with Gasteiger partial charge in [-0.1, -0.05) is 41.9 Å². The Morgan fingerprint density at radius 3 is 2.41 bits per heavy atom. The third-order valence-corrected chi connectivity index (χ3v) is 7.92. The molecule has 0 spiro atoms. The summed E-state index contributed by atoms with van der Waals surface area (Å²) in [5.74, 6) is -3.00. The number of allylic oxidation sites excluding steroid dienone is 2. The maximum absolute atomic E-state index is 14.3. The number of rotatable bonds is 11. The number of anilines is 1. The number of aliphatic carboxylic acids is 2. The Labute approximate surface area is 295 Å². The van der Waals surface area contributed by atoms with Crippen LogP contribution in [-0.4, -0.2) is 66.6 Å². The Morgan fingerprint density at radius 2 is 1.82 bits per heavy atom. The van der Waals surface area contributed by atoms with Gasteiger partial charge in [0.05, 0.1) is 17.1 Å². The SMILES string of the molecule is Cc1ccn(-c2cc(Cl)ccc2[C@@H](Oc2cc(C3=CCC(C[C@H](N)C(=O)O)CC3)nc(N)n2)C(F)(F)F)n1.O=C(O)CNC(=O)c1ccccc1. The monoisotopic (exact) mass is 729 g/mol. The minimum Gasteiger partial charge on any atom is -0.480 e. The number of hydrogen-bond donors (Lipinski definition) is 5. The number of carbonyl (C=O) groups is 3. The molecule has 0 saturated carbocycles. The van der Waals surface area contributed by atoms with Crippen LogP contribution in [0.4, 0.5) is 19.1 Å². The molecule has 17 heteroatoms. The molecular formula is C34H35ClF3N7O6. The van der Waals surface area contributed by atoms with Gasteiger partial charge >= 0.3 is 18.1 Å². The topological polar surface area (TPSA) is 209 Å². The van der Waals surface area contributed by atoms with Crippen molar-refractivity contribution in [1.82, 2.24) is 25.1 Å². The van der Waals surface area contributed by atoms with Crippen LogP contribution in [-0.2, 0) is 9.59 Å². The van der Waals surface area contributed by atoms with Crippen LogP contribution in [0.15, 0.2) is 72.9 Å². The number of nitrogens with one attached hydrogen (secondary N) is 1. The first kappa shape index (κ1) is 38.3. The third kappa shape index (κ3) is 11.0. The second-order valence-electron chi connectivity index (χ2n) is 11.6. The summed E-state index contributed by atoms with van der Waals surface area (Å²) in [6, 6.07) is 14.5. The molecule has 1 unspecified atom stereocenters. The largest absolute Gasteiger partial charge is 0.480 e. The fourth-order valence-corrected chi connectivity index (χ4v) is 5.39. The molecule has 13 nitrogen and oxygen atoms in total. The summed E-state index contributed by atoms with van der Waals surface area (Å²) in [5.41, 5.74) is 13.5. The van der Waals surface area contributed by atoms with Gasteiger partial charge < -0.3 is 31.7 Å². The Morgan fingerprint density at radius 1 is 1.10 bits per heavy atom. The lowest BCUT2D eigenvalue weighted by molar-refractivity contribution is -0.198.